The average Bonchev–Trinajstić information content (AvgIpc) is 2.04. The number of rotatable bonds is 28. The molecule has 4 unspecified atom stereocenters. The number of aromatic nitrogens is 8. The third-order valence-electron chi connectivity index (χ3n) is 14.7. The SMILES string of the molecule is CC(C)N(C(C)C)P(OCCC#N)OCC1O[C@@H](n2cnc3c(NC(=O)c4ccccc4)ncnc32)C[C@H]1NP(=S)(OCCC#N)OCC1O[C@@H](n2cnc3c(N=CN(C)C)ncnc32)C[C@H]1NC(c1ccccc1)(c1ccccc1)c1ccccc1. The summed E-state index contributed by atoms with van der Waals surface area (Å²) in [6.45, 7) is 4.69. The van der Waals surface area contributed by atoms with Crippen LogP contribution >= 0.6 is 15.2 Å². The lowest BCUT2D eigenvalue weighted by molar-refractivity contribution is -0.0252. The van der Waals surface area contributed by atoms with Crippen LogP contribution < -0.4 is 15.7 Å². The average molecular weight is 1230 g/mol. The minimum absolute atomic E-state index is 0.0143. The molecule has 0 bridgehead atoms. The molecule has 0 radical (unpaired) electrons. The number of amides is 1. The zero-order valence-electron chi connectivity index (χ0n) is 49.2. The van der Waals surface area contributed by atoms with E-state index in [0.29, 0.717) is 40.1 Å². The first-order chi connectivity index (χ1) is 42.3. The Morgan fingerprint density at radius 1 is 0.724 bits per heavy atom. The summed E-state index contributed by atoms with van der Waals surface area (Å²) in [6.07, 6.45) is 5.93. The fourth-order valence-corrected chi connectivity index (χ4v) is 14.9. The molecule has 2 saturated heterocycles. The van der Waals surface area contributed by atoms with Gasteiger partial charge in [0.25, 0.3) is 21.1 Å². The van der Waals surface area contributed by atoms with E-state index in [1.807, 2.05) is 84.2 Å². The molecule has 26 heteroatoms. The Labute approximate surface area is 512 Å². The van der Waals surface area contributed by atoms with Crippen molar-refractivity contribution in [3.8, 4) is 12.1 Å². The third kappa shape index (κ3) is 14.6. The number of carbonyl (C=O) groups excluding carboxylic acids is 1. The zero-order chi connectivity index (χ0) is 60.9. The number of hydrogen-bond acceptors (Lipinski definition) is 19. The molecule has 87 heavy (non-hydrogen) atoms. The van der Waals surface area contributed by atoms with Crippen LogP contribution in [0.15, 0.2) is 152 Å². The Morgan fingerprint density at radius 3 is 1.83 bits per heavy atom. The van der Waals surface area contributed by atoms with Crippen molar-refractivity contribution in [2.45, 2.75) is 108 Å². The lowest BCUT2D eigenvalue weighted by atomic mass is 9.76. The van der Waals surface area contributed by atoms with E-state index in [0.717, 1.165) is 16.7 Å². The van der Waals surface area contributed by atoms with Crippen molar-refractivity contribution >= 4 is 73.2 Å². The van der Waals surface area contributed by atoms with Gasteiger partial charge in [0.2, 0.25) is 0 Å². The quantitative estimate of drug-likeness (QED) is 0.0135. The van der Waals surface area contributed by atoms with E-state index in [-0.39, 0.29) is 69.5 Å². The Balaban J connectivity index is 1.00. The van der Waals surface area contributed by atoms with Gasteiger partial charge < -0.3 is 37.8 Å². The van der Waals surface area contributed by atoms with Crippen molar-refractivity contribution in [3.05, 3.63) is 169 Å². The molecule has 2 aliphatic heterocycles. The van der Waals surface area contributed by atoms with Crippen LogP contribution in [-0.4, -0.2) is 138 Å². The van der Waals surface area contributed by atoms with Crippen LogP contribution in [0.5, 0.6) is 0 Å². The van der Waals surface area contributed by atoms with E-state index in [9.17, 15) is 15.3 Å². The summed E-state index contributed by atoms with van der Waals surface area (Å²) in [6, 6.07) is 43.2. The van der Waals surface area contributed by atoms with Crippen molar-refractivity contribution in [3.63, 3.8) is 0 Å². The molecule has 8 aromatic rings. The smallest absolute Gasteiger partial charge is 0.261 e. The number of hydrogen-bond donors (Lipinski definition) is 3. The Kier molecular flexibility index (Phi) is 20.9. The van der Waals surface area contributed by atoms with Crippen molar-refractivity contribution in [2.75, 3.05) is 45.8 Å². The van der Waals surface area contributed by atoms with Gasteiger partial charge in [-0.1, -0.05) is 109 Å². The predicted molar refractivity (Wildman–Crippen MR) is 335 cm³/mol. The van der Waals surface area contributed by atoms with Crippen LogP contribution in [0.2, 0.25) is 0 Å². The van der Waals surface area contributed by atoms with Crippen molar-refractivity contribution in [1.82, 2.24) is 59.0 Å². The van der Waals surface area contributed by atoms with Gasteiger partial charge in [-0.15, -0.1) is 0 Å². The summed E-state index contributed by atoms with van der Waals surface area (Å²) >= 11 is 6.56. The van der Waals surface area contributed by atoms with Crippen LogP contribution in [0.4, 0.5) is 11.6 Å². The third-order valence-corrected chi connectivity index (χ3v) is 19.4. The minimum Gasteiger partial charge on any atom is -0.369 e. The molecule has 23 nitrogen and oxygen atoms in total. The van der Waals surface area contributed by atoms with Crippen LogP contribution in [-0.2, 0) is 44.9 Å². The maximum Gasteiger partial charge on any atom is 0.261 e. The number of carbonyl (C=O) groups is 1. The van der Waals surface area contributed by atoms with Gasteiger partial charge >= 0.3 is 0 Å². The van der Waals surface area contributed by atoms with Gasteiger partial charge in [-0.3, -0.25) is 19.2 Å². The Bertz CT molecular complexity index is 3620. The molecule has 10 rings (SSSR count). The summed E-state index contributed by atoms with van der Waals surface area (Å²) in [4.78, 5) is 47.4. The number of benzene rings is 4. The van der Waals surface area contributed by atoms with Crippen molar-refractivity contribution < 1.29 is 32.4 Å². The monoisotopic (exact) mass is 1230 g/mol. The van der Waals surface area contributed by atoms with E-state index in [4.69, 9.17) is 54.3 Å². The highest BCUT2D eigenvalue weighted by atomic mass is 32.5. The van der Waals surface area contributed by atoms with E-state index < -0.39 is 57.5 Å². The summed E-state index contributed by atoms with van der Waals surface area (Å²) < 4.78 is 46.7. The van der Waals surface area contributed by atoms with Gasteiger partial charge in [0, 0.05) is 56.7 Å². The fraction of sp³-hybridized carbons (Fsp3) is 0.377. The first-order valence-corrected chi connectivity index (χ1v) is 32.5. The number of nitriles is 2. The van der Waals surface area contributed by atoms with Gasteiger partial charge in [0.15, 0.2) is 34.0 Å². The number of ether oxygens (including phenoxy) is 2. The lowest BCUT2D eigenvalue weighted by Crippen LogP contribution is -2.53. The largest absolute Gasteiger partial charge is 0.369 e. The molecule has 6 heterocycles. The summed E-state index contributed by atoms with van der Waals surface area (Å²) in [5.41, 5.74) is 4.33. The van der Waals surface area contributed by atoms with Gasteiger partial charge in [0.1, 0.15) is 25.1 Å². The molecule has 0 spiro atoms. The van der Waals surface area contributed by atoms with Gasteiger partial charge in [-0.05, 0) is 68.3 Å². The number of fused-ring (bicyclic) bond motifs is 2. The maximum absolute atomic E-state index is 13.4. The molecule has 452 valence electrons. The fourth-order valence-electron chi connectivity index (χ4n) is 10.9. The zero-order valence-corrected chi connectivity index (χ0v) is 51.8. The molecule has 0 saturated carbocycles. The Morgan fingerprint density at radius 2 is 1.25 bits per heavy atom. The minimum atomic E-state index is -3.65. The van der Waals surface area contributed by atoms with E-state index in [2.05, 4.69) is 117 Å². The highest BCUT2D eigenvalue weighted by molar-refractivity contribution is 8.09. The molecule has 8 atom stereocenters. The van der Waals surface area contributed by atoms with Crippen LogP contribution in [0.1, 0.15) is 92.9 Å². The summed E-state index contributed by atoms with van der Waals surface area (Å²) in [7, 11) is 2.06. The highest BCUT2D eigenvalue weighted by Gasteiger charge is 2.47. The molecular weight excluding hydrogens is 1160 g/mol. The molecule has 4 aromatic carbocycles. The summed E-state index contributed by atoms with van der Waals surface area (Å²) in [5, 5.41) is 30.1. The lowest BCUT2D eigenvalue weighted by Gasteiger charge is -2.40. The second-order valence-electron chi connectivity index (χ2n) is 21.5. The van der Waals surface area contributed by atoms with Gasteiger partial charge in [0.05, 0.1) is 88.1 Å². The van der Waals surface area contributed by atoms with E-state index in [1.165, 1.54) is 12.7 Å². The standard InChI is InChI=1S/C61H70N16O7P2S/c1-42(2)77(43(3)4)85(79-31-19-29-62)80-35-50-49(34-53(83-50)76-41-69-55-57(65-38-67-59(55)76)71-60(78)44-21-11-7-12-22-44)73-86(87,81-32-20-30-63)82-36-51-48(33-52(84-51)75-40-68-54-56(70-39-74(5)6)64-37-66-58(54)75)72-61(45-23-13-8-14-24-45,46-25-15-9-16-26-46)47-27-17-10-18-28-47/h7-18,21-28,37-43,48-53,72H,19-20,31-36H2,1-6H3,(H,73,87)(H,65,67,71,78)/t48-,49-,50?,51?,52-,53-,85?,86?/m1/s1. The van der Waals surface area contributed by atoms with Gasteiger partial charge in [-0.2, -0.15) is 10.5 Å². The number of nitrogens with zero attached hydrogens (tertiary/aromatic N) is 13. The molecule has 3 N–H and O–H groups in total. The normalized spacial score (nSPS) is 19.9. The van der Waals surface area contributed by atoms with E-state index >= 15 is 0 Å². The Hall–Kier alpha value is -7.38. The second-order valence-corrected chi connectivity index (χ2v) is 26.2. The molecule has 4 aromatic heterocycles. The maximum atomic E-state index is 13.4. The predicted octanol–water partition coefficient (Wildman–Crippen LogP) is 10.1. The van der Waals surface area contributed by atoms with Crippen molar-refractivity contribution in [2.24, 2.45) is 4.99 Å². The molecule has 2 aliphatic rings. The van der Waals surface area contributed by atoms with E-state index in [1.54, 1.807) is 47.8 Å². The second kappa shape index (κ2) is 29.1. The van der Waals surface area contributed by atoms with Crippen LogP contribution in [0.25, 0.3) is 22.3 Å². The molecule has 2 fully saturated rings. The first kappa shape index (κ1) is 62.7. The number of aliphatic imine (C=N–C) groups is 1. The van der Waals surface area contributed by atoms with Crippen LogP contribution in [0.3, 0.4) is 0 Å². The molecule has 0 aliphatic carbocycles. The topological polar surface area (TPSA) is 262 Å². The number of nitrogens with one attached hydrogen (secondary N) is 3. The van der Waals surface area contributed by atoms with Crippen LogP contribution in [0, 0.1) is 22.7 Å². The first-order valence-electron chi connectivity index (χ1n) is 28.7. The van der Waals surface area contributed by atoms with Crippen molar-refractivity contribution in [1.29, 1.82) is 10.5 Å². The molecule has 1 amide bonds. The molecular formula is C61H70N16O7P2S. The van der Waals surface area contributed by atoms with Gasteiger partial charge in [-0.25, -0.2) is 44.7 Å². The number of imidazole rings is 2. The highest BCUT2D eigenvalue weighted by Crippen LogP contribution is 2.51. The number of anilines is 1. The summed E-state index contributed by atoms with van der Waals surface area (Å²) in [5.74, 6) is 0.277.